The van der Waals surface area contributed by atoms with Crippen molar-refractivity contribution in [3.63, 3.8) is 0 Å². The predicted molar refractivity (Wildman–Crippen MR) is 88.8 cm³/mol. The van der Waals surface area contributed by atoms with Gasteiger partial charge in [0.05, 0.1) is 0 Å². The summed E-state index contributed by atoms with van der Waals surface area (Å²) in [6, 6.07) is 17.0. The van der Waals surface area contributed by atoms with Crippen LogP contribution in [-0.4, -0.2) is 9.52 Å². The molecule has 1 saturated carbocycles. The van der Waals surface area contributed by atoms with Crippen molar-refractivity contribution in [2.45, 2.75) is 26.2 Å². The van der Waals surface area contributed by atoms with E-state index >= 15 is 0 Å². The normalized spacial score (nSPS) is 14.0. The molecule has 0 aromatic heterocycles. The quantitative estimate of drug-likeness (QED) is 0.728. The smallest absolute Gasteiger partial charge is 0.0843 e. The fourth-order valence-corrected chi connectivity index (χ4v) is 4.07. The highest BCUT2D eigenvalue weighted by atomic mass is 35.5. The molecule has 3 rings (SSSR count). The fraction of sp³-hybridized carbons (Fsp3) is 0.222. The minimum Gasteiger partial charge on any atom is -0.0843 e. The van der Waals surface area contributed by atoms with E-state index in [1.165, 1.54) is 35.6 Å². The molecule has 0 bridgehead atoms. The highest BCUT2D eigenvalue weighted by Crippen LogP contribution is 2.33. The summed E-state index contributed by atoms with van der Waals surface area (Å²) in [5.74, 6) is 0. The summed E-state index contributed by atoms with van der Waals surface area (Å²) in [4.78, 5) is 0. The third-order valence-electron chi connectivity index (χ3n) is 3.84. The van der Waals surface area contributed by atoms with Crippen LogP contribution in [0.3, 0.4) is 0 Å². The van der Waals surface area contributed by atoms with Crippen LogP contribution in [0.5, 0.6) is 0 Å². The lowest BCUT2D eigenvalue weighted by molar-refractivity contribution is 0.668. The Balaban J connectivity index is 1.96. The summed E-state index contributed by atoms with van der Waals surface area (Å²) in [5, 5.41) is 3.73. The van der Waals surface area contributed by atoms with Crippen LogP contribution in [-0.2, 0) is 0 Å². The Bertz CT molecular complexity index is 635. The molecule has 2 aromatic carbocycles. The van der Waals surface area contributed by atoms with Gasteiger partial charge >= 0.3 is 0 Å². The molecule has 100 valence electrons. The standard InChI is InChI=1S/C18H17ClSi/c1-13-5-2-3-8-17(13)18(14-6-4-7-14)20-16-11-9-15(19)10-12-16/h2-3,5,8-12H,4,6-7H2,1H3. The van der Waals surface area contributed by atoms with Crippen molar-refractivity contribution in [1.29, 1.82) is 0 Å². The zero-order valence-corrected chi connectivity index (χ0v) is 13.4. The monoisotopic (exact) mass is 296 g/mol. The molecule has 20 heavy (non-hydrogen) atoms. The average molecular weight is 297 g/mol. The van der Waals surface area contributed by atoms with Crippen LogP contribution >= 0.6 is 11.6 Å². The molecular weight excluding hydrogens is 280 g/mol. The van der Waals surface area contributed by atoms with Crippen LogP contribution in [0.15, 0.2) is 54.1 Å². The first kappa shape index (κ1) is 13.7. The maximum Gasteiger partial charge on any atom is 0.122 e. The minimum atomic E-state index is 0.725. The van der Waals surface area contributed by atoms with Crippen LogP contribution in [0.4, 0.5) is 0 Å². The summed E-state index contributed by atoms with van der Waals surface area (Å²) >= 11 is 5.98. The van der Waals surface area contributed by atoms with Crippen LogP contribution in [0.25, 0.3) is 5.20 Å². The molecule has 0 heterocycles. The lowest BCUT2D eigenvalue weighted by atomic mass is 9.89. The number of allylic oxidation sites excluding steroid dienone is 1. The van der Waals surface area contributed by atoms with E-state index in [4.69, 9.17) is 11.6 Å². The van der Waals surface area contributed by atoms with Gasteiger partial charge in [0.15, 0.2) is 0 Å². The van der Waals surface area contributed by atoms with Gasteiger partial charge in [-0.15, -0.1) is 0 Å². The van der Waals surface area contributed by atoms with E-state index in [-0.39, 0.29) is 0 Å². The first-order valence-corrected chi connectivity index (χ1v) is 8.42. The van der Waals surface area contributed by atoms with Crippen molar-refractivity contribution in [3.8, 4) is 0 Å². The largest absolute Gasteiger partial charge is 0.122 e. The van der Waals surface area contributed by atoms with Crippen molar-refractivity contribution >= 4 is 31.5 Å². The summed E-state index contributed by atoms with van der Waals surface area (Å²) in [6.07, 6.45) is 3.88. The maximum absolute atomic E-state index is 5.98. The molecule has 0 N–H and O–H groups in total. The number of rotatable bonds is 3. The SMILES string of the molecule is Cc1ccccc1C([Si]c1ccc(Cl)cc1)=C1CCC1. The molecule has 0 unspecified atom stereocenters. The zero-order valence-electron chi connectivity index (χ0n) is 11.6. The van der Waals surface area contributed by atoms with Crippen LogP contribution < -0.4 is 5.19 Å². The third kappa shape index (κ3) is 2.89. The van der Waals surface area contributed by atoms with E-state index < -0.39 is 0 Å². The van der Waals surface area contributed by atoms with E-state index in [1.54, 1.807) is 10.8 Å². The molecule has 1 aliphatic rings. The Labute approximate surface area is 128 Å². The first-order chi connectivity index (χ1) is 9.74. The number of aryl methyl sites for hydroxylation is 1. The Morgan fingerprint density at radius 3 is 2.30 bits per heavy atom. The predicted octanol–water partition coefficient (Wildman–Crippen LogP) is 4.57. The lowest BCUT2D eigenvalue weighted by Crippen LogP contribution is -2.19. The van der Waals surface area contributed by atoms with Crippen molar-refractivity contribution in [2.24, 2.45) is 0 Å². The molecule has 1 aliphatic carbocycles. The zero-order chi connectivity index (χ0) is 13.9. The Morgan fingerprint density at radius 2 is 1.70 bits per heavy atom. The lowest BCUT2D eigenvalue weighted by Gasteiger charge is -2.23. The molecular formula is C18H17ClSi. The molecule has 2 heteroatoms. The summed E-state index contributed by atoms with van der Waals surface area (Å²) in [6.45, 7) is 2.21. The number of benzene rings is 2. The van der Waals surface area contributed by atoms with Gasteiger partial charge in [-0.1, -0.05) is 64.0 Å². The van der Waals surface area contributed by atoms with Gasteiger partial charge in [0.2, 0.25) is 0 Å². The Kier molecular flexibility index (Phi) is 4.09. The highest BCUT2D eigenvalue weighted by molar-refractivity contribution is 6.73. The molecule has 1 fully saturated rings. The van der Waals surface area contributed by atoms with Crippen molar-refractivity contribution in [2.75, 3.05) is 0 Å². The topological polar surface area (TPSA) is 0 Å². The molecule has 2 radical (unpaired) electrons. The Hall–Kier alpha value is -1.31. The average Bonchev–Trinajstić information content (AvgIpc) is 2.39. The van der Waals surface area contributed by atoms with E-state index in [2.05, 4.69) is 43.3 Å². The number of hydrogen-bond acceptors (Lipinski definition) is 0. The second-order valence-corrected chi connectivity index (χ2v) is 7.04. The molecule has 0 atom stereocenters. The Morgan fingerprint density at radius 1 is 1.00 bits per heavy atom. The van der Waals surface area contributed by atoms with E-state index in [0.717, 1.165) is 14.5 Å². The van der Waals surface area contributed by atoms with Crippen LogP contribution in [0, 0.1) is 6.92 Å². The first-order valence-electron chi connectivity index (χ1n) is 7.04. The number of halogens is 1. The van der Waals surface area contributed by atoms with Gasteiger partial charge in [0, 0.05) is 5.02 Å². The van der Waals surface area contributed by atoms with Gasteiger partial charge < -0.3 is 0 Å². The summed E-state index contributed by atoms with van der Waals surface area (Å²) in [7, 11) is 0.725. The van der Waals surface area contributed by atoms with Crippen molar-refractivity contribution < 1.29 is 0 Å². The summed E-state index contributed by atoms with van der Waals surface area (Å²) in [5.41, 5.74) is 4.45. The molecule has 0 aliphatic heterocycles. The second kappa shape index (κ2) is 5.98. The van der Waals surface area contributed by atoms with E-state index in [0.29, 0.717) is 0 Å². The summed E-state index contributed by atoms with van der Waals surface area (Å²) < 4.78 is 0. The maximum atomic E-state index is 5.98. The molecule has 0 saturated heterocycles. The highest BCUT2D eigenvalue weighted by Gasteiger charge is 2.18. The van der Waals surface area contributed by atoms with Gasteiger partial charge in [-0.05, 0) is 49.4 Å². The molecule has 0 amide bonds. The van der Waals surface area contributed by atoms with Crippen molar-refractivity contribution in [1.82, 2.24) is 0 Å². The van der Waals surface area contributed by atoms with Crippen molar-refractivity contribution in [3.05, 3.63) is 70.3 Å². The van der Waals surface area contributed by atoms with Crippen LogP contribution in [0.1, 0.15) is 30.4 Å². The third-order valence-corrected chi connectivity index (χ3v) is 5.59. The molecule has 2 aromatic rings. The van der Waals surface area contributed by atoms with Gasteiger partial charge in [-0.2, -0.15) is 0 Å². The van der Waals surface area contributed by atoms with Gasteiger partial charge in [-0.3, -0.25) is 0 Å². The second-order valence-electron chi connectivity index (χ2n) is 5.28. The van der Waals surface area contributed by atoms with Crippen LogP contribution in [0.2, 0.25) is 5.02 Å². The minimum absolute atomic E-state index is 0.725. The fourth-order valence-electron chi connectivity index (χ4n) is 2.48. The van der Waals surface area contributed by atoms with Gasteiger partial charge in [-0.25, -0.2) is 0 Å². The molecule has 0 nitrogen and oxygen atoms in total. The van der Waals surface area contributed by atoms with E-state index in [9.17, 15) is 0 Å². The van der Waals surface area contributed by atoms with Gasteiger partial charge in [0.25, 0.3) is 0 Å². The van der Waals surface area contributed by atoms with E-state index in [1.807, 2.05) is 12.1 Å². The van der Waals surface area contributed by atoms with Gasteiger partial charge in [0.1, 0.15) is 9.52 Å². The number of hydrogen-bond donors (Lipinski definition) is 0. The molecule has 0 spiro atoms.